The number of phenols is 1. The van der Waals surface area contributed by atoms with Gasteiger partial charge in [-0.1, -0.05) is 42.5 Å². The van der Waals surface area contributed by atoms with E-state index in [1.165, 1.54) is 43.2 Å². The molecule has 11 nitrogen and oxygen atoms in total. The van der Waals surface area contributed by atoms with Crippen LogP contribution in [0.3, 0.4) is 0 Å². The van der Waals surface area contributed by atoms with Crippen LogP contribution in [0, 0.1) is 0 Å². The van der Waals surface area contributed by atoms with Crippen molar-refractivity contribution in [2.75, 3.05) is 24.3 Å². The molecule has 4 amide bonds. The van der Waals surface area contributed by atoms with Crippen molar-refractivity contribution >= 4 is 41.0 Å². The van der Waals surface area contributed by atoms with Gasteiger partial charge in [0.25, 0.3) is 5.91 Å². The van der Waals surface area contributed by atoms with Crippen molar-refractivity contribution in [1.29, 1.82) is 0 Å². The highest BCUT2D eigenvalue weighted by Crippen LogP contribution is 2.28. The van der Waals surface area contributed by atoms with Crippen LogP contribution in [0.2, 0.25) is 0 Å². The molecule has 212 valence electrons. The fourth-order valence-electron chi connectivity index (χ4n) is 4.59. The van der Waals surface area contributed by atoms with E-state index in [-0.39, 0.29) is 35.7 Å². The largest absolute Gasteiger partial charge is 0.508 e. The zero-order valence-electron chi connectivity index (χ0n) is 22.5. The summed E-state index contributed by atoms with van der Waals surface area (Å²) in [5.74, 6) is -2.54. The molecule has 0 bridgehead atoms. The van der Waals surface area contributed by atoms with Gasteiger partial charge in [-0.25, -0.2) is 0 Å². The number of hydrogen-bond donors (Lipinski definition) is 4. The topological polar surface area (TPSA) is 154 Å². The Labute approximate surface area is 236 Å². The molecule has 4 N–H and O–H groups in total. The highest BCUT2D eigenvalue weighted by molar-refractivity contribution is 6.11. The van der Waals surface area contributed by atoms with E-state index >= 15 is 0 Å². The highest BCUT2D eigenvalue weighted by Gasteiger charge is 2.37. The SMILES string of the molecule is COC(=O)C[C@H](NC(=O)CN1C(=O)c2cc(NC(C)=O)ccc2NC(=O)[C@@H]1Cc1ccc(O)cc1)c1ccccc1. The molecule has 41 heavy (non-hydrogen) atoms. The quantitative estimate of drug-likeness (QED) is 0.295. The molecule has 0 unspecified atom stereocenters. The molecule has 2 atom stereocenters. The molecule has 1 aliphatic heterocycles. The van der Waals surface area contributed by atoms with Gasteiger partial charge in [0.05, 0.1) is 30.8 Å². The van der Waals surface area contributed by atoms with E-state index in [4.69, 9.17) is 4.74 Å². The second-order valence-corrected chi connectivity index (χ2v) is 9.56. The Kier molecular flexibility index (Phi) is 8.98. The molecule has 1 heterocycles. The molecule has 11 heteroatoms. The van der Waals surface area contributed by atoms with Crippen molar-refractivity contribution in [2.24, 2.45) is 0 Å². The first-order valence-electron chi connectivity index (χ1n) is 12.9. The summed E-state index contributed by atoms with van der Waals surface area (Å²) in [7, 11) is 1.25. The summed E-state index contributed by atoms with van der Waals surface area (Å²) in [6.07, 6.45) is -0.0809. The van der Waals surface area contributed by atoms with Gasteiger partial charge in [-0.2, -0.15) is 0 Å². The number of nitrogens with one attached hydrogen (secondary N) is 3. The Morgan fingerprint density at radius 1 is 1.02 bits per heavy atom. The smallest absolute Gasteiger partial charge is 0.307 e. The number of benzene rings is 3. The number of phenolic OH excluding ortho intramolecular Hbond substituents is 1. The third-order valence-corrected chi connectivity index (χ3v) is 6.58. The molecule has 0 spiro atoms. The van der Waals surface area contributed by atoms with E-state index in [2.05, 4.69) is 16.0 Å². The van der Waals surface area contributed by atoms with E-state index in [1.807, 2.05) is 0 Å². The summed E-state index contributed by atoms with van der Waals surface area (Å²) in [4.78, 5) is 65.7. The van der Waals surface area contributed by atoms with Crippen LogP contribution >= 0.6 is 0 Å². The standard InChI is InChI=1S/C30H30N4O7/c1-18(35)31-21-10-13-24-23(15-21)30(40)34(26(29(39)33-24)14-19-8-11-22(36)12-9-19)17-27(37)32-25(16-28(38)41-2)20-6-4-3-5-7-20/h3-13,15,25-26,36H,14,16-17H2,1-2H3,(H,31,35)(H,32,37)(H,33,39)/t25-,26-/m0/s1. The van der Waals surface area contributed by atoms with Gasteiger partial charge in [0, 0.05) is 19.0 Å². The number of methoxy groups -OCH3 is 1. The summed E-state index contributed by atoms with van der Waals surface area (Å²) in [5.41, 5.74) is 2.00. The zero-order chi connectivity index (χ0) is 29.5. The number of carbonyl (C=O) groups is 5. The number of ether oxygens (including phenoxy) is 1. The maximum absolute atomic E-state index is 13.9. The van der Waals surface area contributed by atoms with Gasteiger partial charge in [-0.3, -0.25) is 24.0 Å². The van der Waals surface area contributed by atoms with Crippen LogP contribution in [0.1, 0.15) is 40.9 Å². The predicted molar refractivity (Wildman–Crippen MR) is 150 cm³/mol. The van der Waals surface area contributed by atoms with E-state index in [0.717, 1.165) is 0 Å². The Morgan fingerprint density at radius 2 is 1.73 bits per heavy atom. The van der Waals surface area contributed by atoms with Crippen LogP contribution in [0.4, 0.5) is 11.4 Å². The van der Waals surface area contributed by atoms with E-state index in [9.17, 15) is 29.1 Å². The van der Waals surface area contributed by atoms with Gasteiger partial charge >= 0.3 is 5.97 Å². The predicted octanol–water partition coefficient (Wildman–Crippen LogP) is 2.78. The first-order chi connectivity index (χ1) is 19.6. The molecule has 3 aromatic carbocycles. The Balaban J connectivity index is 1.67. The average molecular weight is 559 g/mol. The van der Waals surface area contributed by atoms with Crippen LogP contribution in [0.25, 0.3) is 0 Å². The number of carbonyl (C=O) groups excluding carboxylic acids is 5. The van der Waals surface area contributed by atoms with Gasteiger partial charge < -0.3 is 30.7 Å². The fraction of sp³-hybridized carbons (Fsp3) is 0.233. The van der Waals surface area contributed by atoms with Crippen molar-refractivity contribution in [3.05, 3.63) is 89.5 Å². The number of aromatic hydroxyl groups is 1. The Morgan fingerprint density at radius 3 is 2.39 bits per heavy atom. The molecule has 0 radical (unpaired) electrons. The van der Waals surface area contributed by atoms with Gasteiger partial charge in [-0.05, 0) is 41.5 Å². The summed E-state index contributed by atoms with van der Waals surface area (Å²) in [6, 6.07) is 17.7. The summed E-state index contributed by atoms with van der Waals surface area (Å²) < 4.78 is 4.80. The maximum Gasteiger partial charge on any atom is 0.307 e. The zero-order valence-corrected chi connectivity index (χ0v) is 22.5. The first-order valence-corrected chi connectivity index (χ1v) is 12.9. The number of rotatable bonds is 9. The lowest BCUT2D eigenvalue weighted by Gasteiger charge is -2.29. The summed E-state index contributed by atoms with van der Waals surface area (Å²) >= 11 is 0. The maximum atomic E-state index is 13.9. The minimum atomic E-state index is -1.09. The van der Waals surface area contributed by atoms with E-state index in [1.54, 1.807) is 48.5 Å². The molecule has 0 saturated heterocycles. The first kappa shape index (κ1) is 28.8. The summed E-state index contributed by atoms with van der Waals surface area (Å²) in [5, 5.41) is 17.9. The van der Waals surface area contributed by atoms with Crippen LogP contribution in [-0.2, 0) is 30.3 Å². The summed E-state index contributed by atoms with van der Waals surface area (Å²) in [6.45, 7) is 0.834. The lowest BCUT2D eigenvalue weighted by molar-refractivity contribution is -0.141. The minimum absolute atomic E-state index is 0.0434. The molecule has 3 aromatic rings. The van der Waals surface area contributed by atoms with Crippen LogP contribution in [0.5, 0.6) is 5.75 Å². The lowest BCUT2D eigenvalue weighted by Crippen LogP contribution is -2.51. The number of esters is 1. The van der Waals surface area contributed by atoms with Crippen molar-refractivity contribution in [3.8, 4) is 5.75 Å². The lowest BCUT2D eigenvalue weighted by atomic mass is 10.0. The minimum Gasteiger partial charge on any atom is -0.508 e. The van der Waals surface area contributed by atoms with Gasteiger partial charge in [0.1, 0.15) is 18.3 Å². The normalized spacial score (nSPS) is 15.2. The molecule has 0 aromatic heterocycles. The van der Waals surface area contributed by atoms with Crippen LogP contribution in [-0.4, -0.2) is 59.3 Å². The van der Waals surface area contributed by atoms with Gasteiger partial charge in [0.2, 0.25) is 17.7 Å². The van der Waals surface area contributed by atoms with Crippen molar-refractivity contribution in [1.82, 2.24) is 10.2 Å². The number of fused-ring (bicyclic) bond motifs is 1. The Bertz CT molecular complexity index is 1460. The molecular formula is C30H30N4O7. The Hall–Kier alpha value is -5.19. The molecular weight excluding hydrogens is 528 g/mol. The molecule has 1 aliphatic rings. The third kappa shape index (κ3) is 7.27. The number of nitrogens with zero attached hydrogens (tertiary/aromatic N) is 1. The molecule has 4 rings (SSSR count). The number of anilines is 2. The van der Waals surface area contributed by atoms with Crippen molar-refractivity contribution in [3.63, 3.8) is 0 Å². The van der Waals surface area contributed by atoms with E-state index in [0.29, 0.717) is 16.8 Å². The van der Waals surface area contributed by atoms with Crippen molar-refractivity contribution < 1.29 is 33.8 Å². The number of hydrogen-bond acceptors (Lipinski definition) is 7. The van der Waals surface area contributed by atoms with Gasteiger partial charge in [-0.15, -0.1) is 0 Å². The van der Waals surface area contributed by atoms with Crippen molar-refractivity contribution in [2.45, 2.75) is 31.8 Å². The number of amides is 4. The fourth-order valence-corrected chi connectivity index (χ4v) is 4.59. The van der Waals surface area contributed by atoms with Crippen LogP contribution in [0.15, 0.2) is 72.8 Å². The highest BCUT2D eigenvalue weighted by atomic mass is 16.5. The van der Waals surface area contributed by atoms with Gasteiger partial charge in [0.15, 0.2) is 0 Å². The molecule has 0 fully saturated rings. The second-order valence-electron chi connectivity index (χ2n) is 9.56. The second kappa shape index (κ2) is 12.8. The van der Waals surface area contributed by atoms with Crippen LogP contribution < -0.4 is 16.0 Å². The average Bonchev–Trinajstić information content (AvgIpc) is 3.04. The molecule has 0 aliphatic carbocycles. The molecule has 0 saturated carbocycles. The third-order valence-electron chi connectivity index (χ3n) is 6.58. The monoisotopic (exact) mass is 558 g/mol. The van der Waals surface area contributed by atoms with E-state index < -0.39 is 42.3 Å².